The Bertz CT molecular complexity index is 1090. The van der Waals surface area contributed by atoms with Gasteiger partial charge in [-0.25, -0.2) is 0 Å². The van der Waals surface area contributed by atoms with E-state index in [0.717, 1.165) is 29.1 Å². The Morgan fingerprint density at radius 2 is 1.77 bits per heavy atom. The van der Waals surface area contributed by atoms with E-state index >= 15 is 0 Å². The maximum Gasteiger partial charge on any atom is 0.418 e. The number of hydrogen-bond acceptors (Lipinski definition) is 3. The fourth-order valence-corrected chi connectivity index (χ4v) is 3.66. The van der Waals surface area contributed by atoms with E-state index < -0.39 is 23.3 Å². The number of halogens is 3. The van der Waals surface area contributed by atoms with E-state index in [0.29, 0.717) is 0 Å². The molecule has 0 fully saturated rings. The molecule has 2 aromatic carbocycles. The van der Waals surface area contributed by atoms with E-state index in [1.807, 2.05) is 50.1 Å². The number of nitrogens with zero attached hydrogens (tertiary/aromatic N) is 2. The molecule has 7 heteroatoms. The zero-order valence-corrected chi connectivity index (χ0v) is 16.7. The van der Waals surface area contributed by atoms with Gasteiger partial charge in [0.2, 0.25) is 0 Å². The summed E-state index contributed by atoms with van der Waals surface area (Å²) in [6.07, 6.45) is -1.62. The molecule has 0 unspecified atom stereocenters. The van der Waals surface area contributed by atoms with Gasteiger partial charge in [0.15, 0.2) is 0 Å². The molecule has 0 bridgehead atoms. The summed E-state index contributed by atoms with van der Waals surface area (Å²) in [5, 5.41) is 11.6. The third-order valence-electron chi connectivity index (χ3n) is 5.19. The van der Waals surface area contributed by atoms with E-state index in [2.05, 4.69) is 5.32 Å². The number of carbonyl (C=O) groups excluding carboxylic acids is 1. The maximum atomic E-state index is 13.1. The van der Waals surface area contributed by atoms with Gasteiger partial charge in [-0.15, -0.1) is 0 Å². The SMILES string of the molecule is CN1/C(=C\C=C(/C#N)C(=O)Nc2ccccc2C(F)(F)F)C(C)(C)c2ccccc21. The molecule has 1 heterocycles. The minimum Gasteiger partial charge on any atom is -0.347 e. The highest BCUT2D eigenvalue weighted by Gasteiger charge is 2.38. The first-order chi connectivity index (χ1) is 14.1. The van der Waals surface area contributed by atoms with Crippen molar-refractivity contribution in [2.75, 3.05) is 17.3 Å². The van der Waals surface area contributed by atoms with E-state index in [4.69, 9.17) is 0 Å². The average Bonchev–Trinajstić information content (AvgIpc) is 2.88. The van der Waals surface area contributed by atoms with Crippen LogP contribution in [0.25, 0.3) is 0 Å². The highest BCUT2D eigenvalue weighted by molar-refractivity contribution is 6.07. The number of rotatable bonds is 3. The number of carbonyl (C=O) groups is 1. The van der Waals surface area contributed by atoms with Crippen molar-refractivity contribution in [1.29, 1.82) is 5.26 Å². The molecular weight excluding hydrogens is 391 g/mol. The summed E-state index contributed by atoms with van der Waals surface area (Å²) in [4.78, 5) is 14.4. The lowest BCUT2D eigenvalue weighted by molar-refractivity contribution is -0.137. The van der Waals surface area contributed by atoms with Gasteiger partial charge >= 0.3 is 6.18 Å². The van der Waals surface area contributed by atoms with Gasteiger partial charge in [0.05, 0.1) is 11.3 Å². The molecule has 30 heavy (non-hydrogen) atoms. The molecule has 2 aromatic rings. The minimum atomic E-state index is -4.62. The van der Waals surface area contributed by atoms with E-state index in [1.54, 1.807) is 12.1 Å². The number of benzene rings is 2. The Kier molecular flexibility index (Phi) is 5.45. The van der Waals surface area contributed by atoms with Gasteiger partial charge in [-0.05, 0) is 35.9 Å². The summed E-state index contributed by atoms with van der Waals surface area (Å²) < 4.78 is 39.4. The molecule has 1 N–H and O–H groups in total. The molecule has 154 valence electrons. The second-order valence-corrected chi connectivity index (χ2v) is 7.44. The zero-order valence-electron chi connectivity index (χ0n) is 16.7. The maximum absolute atomic E-state index is 13.1. The molecule has 0 aromatic heterocycles. The summed E-state index contributed by atoms with van der Waals surface area (Å²) in [7, 11) is 1.89. The van der Waals surface area contributed by atoms with Crippen LogP contribution in [0.3, 0.4) is 0 Å². The van der Waals surface area contributed by atoms with Gasteiger partial charge in [-0.2, -0.15) is 18.4 Å². The lowest BCUT2D eigenvalue weighted by Gasteiger charge is -2.23. The van der Waals surface area contributed by atoms with E-state index in [9.17, 15) is 23.2 Å². The van der Waals surface area contributed by atoms with Crippen molar-refractivity contribution in [3.05, 3.63) is 83.1 Å². The smallest absolute Gasteiger partial charge is 0.347 e. The molecule has 0 aliphatic carbocycles. The van der Waals surface area contributed by atoms with Crippen molar-refractivity contribution in [3.8, 4) is 6.07 Å². The number of para-hydroxylation sites is 2. The van der Waals surface area contributed by atoms with Crippen LogP contribution in [0.4, 0.5) is 24.5 Å². The van der Waals surface area contributed by atoms with Gasteiger partial charge in [-0.3, -0.25) is 4.79 Å². The van der Waals surface area contributed by atoms with Gasteiger partial charge in [0, 0.05) is 23.8 Å². The number of likely N-dealkylation sites (N-methyl/N-ethyl adjacent to an activating group) is 1. The number of fused-ring (bicyclic) bond motifs is 1. The van der Waals surface area contributed by atoms with Crippen LogP contribution in [0, 0.1) is 11.3 Å². The van der Waals surface area contributed by atoms with Crippen molar-refractivity contribution >= 4 is 17.3 Å². The summed E-state index contributed by atoms with van der Waals surface area (Å²) in [5.74, 6) is -0.901. The topological polar surface area (TPSA) is 56.1 Å². The van der Waals surface area contributed by atoms with Crippen LogP contribution in [0.1, 0.15) is 25.0 Å². The van der Waals surface area contributed by atoms with Crippen LogP contribution >= 0.6 is 0 Å². The molecule has 3 rings (SSSR count). The van der Waals surface area contributed by atoms with Crippen LogP contribution < -0.4 is 10.2 Å². The Morgan fingerprint density at radius 3 is 2.40 bits per heavy atom. The standard InChI is InChI=1S/C23H20F3N3O/c1-22(2)17-9-5-7-11-19(17)29(3)20(22)13-12-15(14-27)21(30)28-18-10-6-4-8-16(18)23(24,25)26/h4-13H,1-3H3,(H,28,30)/b15-12+,20-13-. The van der Waals surface area contributed by atoms with Gasteiger partial charge < -0.3 is 10.2 Å². The molecule has 0 radical (unpaired) electrons. The minimum absolute atomic E-state index is 0.292. The Morgan fingerprint density at radius 1 is 1.13 bits per heavy atom. The van der Waals surface area contributed by atoms with Crippen LogP contribution in [-0.4, -0.2) is 13.0 Å². The first-order valence-electron chi connectivity index (χ1n) is 9.20. The van der Waals surface area contributed by atoms with E-state index in [-0.39, 0.29) is 11.0 Å². The number of alkyl halides is 3. The number of amides is 1. The first-order valence-corrected chi connectivity index (χ1v) is 9.20. The number of hydrogen-bond donors (Lipinski definition) is 1. The largest absolute Gasteiger partial charge is 0.418 e. The summed E-state index contributed by atoms with van der Waals surface area (Å²) in [6, 6.07) is 14.3. The lowest BCUT2D eigenvalue weighted by Crippen LogP contribution is -2.23. The summed E-state index contributed by atoms with van der Waals surface area (Å²) in [6.45, 7) is 4.06. The molecule has 0 atom stereocenters. The molecule has 1 amide bonds. The predicted octanol–water partition coefficient (Wildman–Crippen LogP) is 5.41. The molecule has 0 saturated carbocycles. The second kappa shape index (κ2) is 7.71. The van der Waals surface area contributed by atoms with Crippen LogP contribution in [0.15, 0.2) is 72.0 Å². The van der Waals surface area contributed by atoms with Crippen LogP contribution in [-0.2, 0) is 16.4 Å². The van der Waals surface area contributed by atoms with E-state index in [1.165, 1.54) is 18.2 Å². The van der Waals surface area contributed by atoms with Crippen LogP contribution in [0.5, 0.6) is 0 Å². The molecule has 4 nitrogen and oxygen atoms in total. The normalized spacial score (nSPS) is 16.9. The van der Waals surface area contributed by atoms with Crippen molar-refractivity contribution in [1.82, 2.24) is 0 Å². The van der Waals surface area contributed by atoms with Crippen molar-refractivity contribution < 1.29 is 18.0 Å². The van der Waals surface area contributed by atoms with Gasteiger partial charge in [0.1, 0.15) is 11.6 Å². The van der Waals surface area contributed by atoms with Crippen molar-refractivity contribution in [2.24, 2.45) is 0 Å². The summed E-state index contributed by atoms with van der Waals surface area (Å²) >= 11 is 0. The molecule has 0 saturated heterocycles. The number of nitrogens with one attached hydrogen (secondary N) is 1. The number of allylic oxidation sites excluding steroid dienone is 3. The lowest BCUT2D eigenvalue weighted by atomic mass is 9.83. The average molecular weight is 411 g/mol. The number of nitriles is 1. The summed E-state index contributed by atoms with van der Waals surface area (Å²) in [5.41, 5.74) is 0.968. The molecular formula is C23H20F3N3O. The third kappa shape index (κ3) is 3.81. The highest BCUT2D eigenvalue weighted by atomic mass is 19.4. The van der Waals surface area contributed by atoms with Gasteiger partial charge in [-0.1, -0.05) is 44.2 Å². The Balaban J connectivity index is 1.91. The zero-order chi connectivity index (χ0) is 22.1. The van der Waals surface area contributed by atoms with Gasteiger partial charge in [0.25, 0.3) is 5.91 Å². The first kappa shape index (κ1) is 21.2. The number of anilines is 2. The van der Waals surface area contributed by atoms with Crippen molar-refractivity contribution in [3.63, 3.8) is 0 Å². The molecule has 1 aliphatic rings. The van der Waals surface area contributed by atoms with Crippen LogP contribution in [0.2, 0.25) is 0 Å². The fraction of sp³-hybridized carbons (Fsp3) is 0.217. The molecule has 0 spiro atoms. The highest BCUT2D eigenvalue weighted by Crippen LogP contribution is 2.46. The predicted molar refractivity (Wildman–Crippen MR) is 110 cm³/mol. The van der Waals surface area contributed by atoms with Crippen molar-refractivity contribution in [2.45, 2.75) is 25.4 Å². The fourth-order valence-electron chi connectivity index (χ4n) is 3.66. The Labute approximate surface area is 172 Å². The second-order valence-electron chi connectivity index (χ2n) is 7.44. The Hall–Kier alpha value is -3.53. The third-order valence-corrected chi connectivity index (χ3v) is 5.19. The quantitative estimate of drug-likeness (QED) is 0.543. The monoisotopic (exact) mass is 411 g/mol. The molecule has 1 aliphatic heterocycles.